The van der Waals surface area contributed by atoms with Crippen molar-refractivity contribution in [1.29, 1.82) is 0 Å². The van der Waals surface area contributed by atoms with Crippen molar-refractivity contribution in [2.45, 2.75) is 25.7 Å². The van der Waals surface area contributed by atoms with E-state index in [1.807, 2.05) is 0 Å². The Hall–Kier alpha value is -2.41. The number of halogens is 1. The third kappa shape index (κ3) is 3.62. The maximum atomic E-state index is 11.1. The summed E-state index contributed by atoms with van der Waals surface area (Å²) in [6, 6.07) is 6.75. The molecular weight excluding hydrogens is 312 g/mol. The highest BCUT2D eigenvalue weighted by Gasteiger charge is 2.28. The quantitative estimate of drug-likeness (QED) is 0.645. The van der Waals surface area contributed by atoms with Gasteiger partial charge in [0.05, 0.1) is 11.3 Å². The third-order valence-electron chi connectivity index (χ3n) is 3.26. The first kappa shape index (κ1) is 16.0. The van der Waals surface area contributed by atoms with E-state index in [0.29, 0.717) is 10.6 Å². The van der Waals surface area contributed by atoms with Crippen molar-refractivity contribution in [2.24, 2.45) is 0 Å². The average Bonchev–Trinajstić information content (AvgIpc) is 2.78. The minimum Gasteiger partial charge on any atom is -0.481 e. The van der Waals surface area contributed by atoms with Gasteiger partial charge < -0.3 is 9.63 Å². The van der Waals surface area contributed by atoms with Crippen LogP contribution in [-0.4, -0.2) is 21.2 Å². The molecule has 1 heterocycles. The molecule has 0 amide bonds. The molecule has 0 radical (unpaired) electrons. The molecule has 1 N–H and O–H groups in total. The van der Waals surface area contributed by atoms with Crippen LogP contribution in [0.25, 0.3) is 0 Å². The second-order valence-electron chi connectivity index (χ2n) is 4.85. The van der Waals surface area contributed by atoms with Gasteiger partial charge in [-0.3, -0.25) is 14.9 Å². The lowest BCUT2D eigenvalue weighted by Crippen LogP contribution is -2.10. The van der Waals surface area contributed by atoms with Crippen molar-refractivity contribution in [2.75, 3.05) is 0 Å². The number of nitrogens with zero attached hydrogens (tertiary/aromatic N) is 2. The Labute approximate surface area is 130 Å². The number of carbonyl (C=O) groups is 1. The topological polar surface area (TPSA) is 106 Å². The second kappa shape index (κ2) is 6.57. The van der Waals surface area contributed by atoms with Crippen molar-refractivity contribution in [3.8, 4) is 0 Å². The maximum absolute atomic E-state index is 11.1. The molecule has 0 aliphatic heterocycles. The molecular formula is C14H13ClN2O5. The Morgan fingerprint density at radius 1 is 1.55 bits per heavy atom. The van der Waals surface area contributed by atoms with Gasteiger partial charge in [-0.2, -0.15) is 0 Å². The van der Waals surface area contributed by atoms with Gasteiger partial charge >= 0.3 is 11.7 Å². The normalized spacial score (nSPS) is 12.1. The van der Waals surface area contributed by atoms with E-state index in [1.165, 1.54) is 6.92 Å². The molecule has 116 valence electrons. The van der Waals surface area contributed by atoms with Gasteiger partial charge in [-0.1, -0.05) is 28.9 Å². The van der Waals surface area contributed by atoms with Crippen LogP contribution in [0.3, 0.4) is 0 Å². The third-order valence-corrected chi connectivity index (χ3v) is 3.49. The average molecular weight is 325 g/mol. The molecule has 0 bridgehead atoms. The molecule has 0 aliphatic rings. The van der Waals surface area contributed by atoms with Gasteiger partial charge in [0.15, 0.2) is 5.69 Å². The zero-order valence-electron chi connectivity index (χ0n) is 11.7. The highest BCUT2D eigenvalue weighted by Crippen LogP contribution is 2.31. The SMILES string of the molecule is Cc1noc(CC(CC(=O)O)c2cccc(Cl)c2)c1[N+](=O)[O-]. The summed E-state index contributed by atoms with van der Waals surface area (Å²) >= 11 is 5.92. The molecule has 1 aromatic carbocycles. The number of rotatable bonds is 6. The Kier molecular flexibility index (Phi) is 4.77. The summed E-state index contributed by atoms with van der Waals surface area (Å²) in [5.41, 5.74) is 0.635. The Bertz CT molecular complexity index is 713. The van der Waals surface area contributed by atoms with Crippen LogP contribution in [-0.2, 0) is 11.2 Å². The minimum absolute atomic E-state index is 0.0593. The summed E-state index contributed by atoms with van der Waals surface area (Å²) in [7, 11) is 0. The number of hydrogen-bond donors (Lipinski definition) is 1. The molecule has 0 spiro atoms. The lowest BCUT2D eigenvalue weighted by Gasteiger charge is -2.13. The minimum atomic E-state index is -1.01. The predicted octanol–water partition coefficient (Wildman–Crippen LogP) is 3.35. The molecule has 22 heavy (non-hydrogen) atoms. The molecule has 1 atom stereocenters. The molecule has 1 aromatic heterocycles. The van der Waals surface area contributed by atoms with Crippen LogP contribution in [0.1, 0.15) is 29.4 Å². The number of carboxylic acids is 1. The summed E-state index contributed by atoms with van der Waals surface area (Å²) in [6.07, 6.45) is -0.138. The molecule has 2 rings (SSSR count). The molecule has 0 aliphatic carbocycles. The standard InChI is InChI=1S/C14H13ClN2O5/c1-8-14(17(20)21)12(22-16-8)6-10(7-13(18)19)9-3-2-4-11(15)5-9/h2-5,10H,6-7H2,1H3,(H,18,19). The van der Waals surface area contributed by atoms with Crippen LogP contribution in [0.5, 0.6) is 0 Å². The zero-order chi connectivity index (χ0) is 16.3. The fourth-order valence-electron chi connectivity index (χ4n) is 2.28. The first-order valence-corrected chi connectivity index (χ1v) is 6.83. The van der Waals surface area contributed by atoms with E-state index in [0.717, 1.165) is 0 Å². The van der Waals surface area contributed by atoms with Gasteiger partial charge in [-0.15, -0.1) is 0 Å². The lowest BCUT2D eigenvalue weighted by molar-refractivity contribution is -0.386. The van der Waals surface area contributed by atoms with Crippen LogP contribution < -0.4 is 0 Å². The van der Waals surface area contributed by atoms with E-state index in [2.05, 4.69) is 5.16 Å². The van der Waals surface area contributed by atoms with Gasteiger partial charge in [0.1, 0.15) is 0 Å². The van der Waals surface area contributed by atoms with E-state index >= 15 is 0 Å². The van der Waals surface area contributed by atoms with Crippen LogP contribution in [0.2, 0.25) is 5.02 Å². The Balaban J connectivity index is 2.35. The van der Waals surface area contributed by atoms with Gasteiger partial charge in [0.25, 0.3) is 0 Å². The second-order valence-corrected chi connectivity index (χ2v) is 5.29. The number of carboxylic acid groups (broad SMARTS) is 1. The summed E-state index contributed by atoms with van der Waals surface area (Å²) in [6.45, 7) is 1.47. The van der Waals surface area contributed by atoms with Crippen molar-refractivity contribution in [3.63, 3.8) is 0 Å². The van der Waals surface area contributed by atoms with Crippen LogP contribution in [0.15, 0.2) is 28.8 Å². The smallest absolute Gasteiger partial charge is 0.334 e. The van der Waals surface area contributed by atoms with E-state index in [1.54, 1.807) is 24.3 Å². The van der Waals surface area contributed by atoms with Crippen molar-refractivity contribution in [3.05, 3.63) is 56.4 Å². The number of aromatic nitrogens is 1. The Morgan fingerprint density at radius 2 is 2.27 bits per heavy atom. The van der Waals surface area contributed by atoms with Gasteiger partial charge in [0, 0.05) is 17.4 Å². The van der Waals surface area contributed by atoms with Crippen LogP contribution in [0.4, 0.5) is 5.69 Å². The maximum Gasteiger partial charge on any atom is 0.334 e. The van der Waals surface area contributed by atoms with Crippen LogP contribution >= 0.6 is 11.6 Å². The summed E-state index contributed by atoms with van der Waals surface area (Å²) in [5, 5.41) is 24.2. The monoisotopic (exact) mass is 324 g/mol. The highest BCUT2D eigenvalue weighted by atomic mass is 35.5. The molecule has 0 fully saturated rings. The van der Waals surface area contributed by atoms with Crippen LogP contribution in [0, 0.1) is 17.0 Å². The molecule has 1 unspecified atom stereocenters. The number of nitro groups is 1. The number of aliphatic carboxylic acids is 1. The number of hydrogen-bond acceptors (Lipinski definition) is 5. The largest absolute Gasteiger partial charge is 0.481 e. The summed E-state index contributed by atoms with van der Waals surface area (Å²) < 4.78 is 5.00. The molecule has 0 saturated heterocycles. The molecule has 8 heteroatoms. The summed E-state index contributed by atoms with van der Waals surface area (Å²) in [4.78, 5) is 21.6. The fourth-order valence-corrected chi connectivity index (χ4v) is 2.48. The molecule has 7 nitrogen and oxygen atoms in total. The van der Waals surface area contributed by atoms with Gasteiger partial charge in [-0.05, 0) is 24.6 Å². The van der Waals surface area contributed by atoms with Crippen molar-refractivity contribution >= 4 is 23.3 Å². The first-order chi connectivity index (χ1) is 10.4. The lowest BCUT2D eigenvalue weighted by atomic mass is 9.91. The first-order valence-electron chi connectivity index (χ1n) is 6.45. The molecule has 0 saturated carbocycles. The van der Waals surface area contributed by atoms with E-state index < -0.39 is 16.8 Å². The van der Waals surface area contributed by atoms with E-state index in [4.69, 9.17) is 21.2 Å². The summed E-state index contributed by atoms with van der Waals surface area (Å²) in [5.74, 6) is -1.44. The number of benzene rings is 1. The van der Waals surface area contributed by atoms with Gasteiger partial charge in [0.2, 0.25) is 5.76 Å². The molecule has 2 aromatic rings. The van der Waals surface area contributed by atoms with Gasteiger partial charge in [-0.25, -0.2) is 0 Å². The van der Waals surface area contributed by atoms with E-state index in [9.17, 15) is 14.9 Å². The predicted molar refractivity (Wildman–Crippen MR) is 78.0 cm³/mol. The van der Waals surface area contributed by atoms with E-state index in [-0.39, 0.29) is 30.0 Å². The number of aryl methyl sites for hydroxylation is 1. The fraction of sp³-hybridized carbons (Fsp3) is 0.286. The zero-order valence-corrected chi connectivity index (χ0v) is 12.4. The Morgan fingerprint density at radius 3 is 2.86 bits per heavy atom. The van der Waals surface area contributed by atoms with Crippen molar-refractivity contribution < 1.29 is 19.3 Å². The van der Waals surface area contributed by atoms with Crippen molar-refractivity contribution in [1.82, 2.24) is 5.16 Å². The highest BCUT2D eigenvalue weighted by molar-refractivity contribution is 6.30.